The standard InChI is InChI=1S/C8H18N2O.C2H6/c1-3-10-5-4-9(2)8(6-10)7-11;1-2/h8,11H,3-7H2,1-2H3;1-2H3. The Kier molecular flexibility index (Phi) is 7.23. The summed E-state index contributed by atoms with van der Waals surface area (Å²) in [5.41, 5.74) is 0. The lowest BCUT2D eigenvalue weighted by atomic mass is 10.2. The molecule has 0 aliphatic carbocycles. The lowest BCUT2D eigenvalue weighted by molar-refractivity contribution is 0.0604. The second kappa shape index (κ2) is 7.30. The predicted molar refractivity (Wildman–Crippen MR) is 57.0 cm³/mol. The predicted octanol–water partition coefficient (Wildman–Crippen LogP) is 0.641. The third-order valence-electron chi connectivity index (χ3n) is 2.52. The molecule has 3 heteroatoms. The SMILES string of the molecule is CC.CCN1CCN(C)C(CO)C1. The number of nitrogens with zero attached hydrogens (tertiary/aromatic N) is 2. The molecule has 1 aliphatic heterocycles. The van der Waals surface area contributed by atoms with Crippen molar-refractivity contribution in [1.82, 2.24) is 9.80 Å². The molecular formula is C10H24N2O. The Balaban J connectivity index is 0.000000671. The van der Waals surface area contributed by atoms with E-state index in [0.717, 1.165) is 26.2 Å². The van der Waals surface area contributed by atoms with Gasteiger partial charge in [0, 0.05) is 25.7 Å². The van der Waals surface area contributed by atoms with E-state index in [1.54, 1.807) is 0 Å². The van der Waals surface area contributed by atoms with E-state index >= 15 is 0 Å². The molecule has 1 atom stereocenters. The van der Waals surface area contributed by atoms with Crippen LogP contribution in [0.15, 0.2) is 0 Å². The van der Waals surface area contributed by atoms with Gasteiger partial charge in [0.2, 0.25) is 0 Å². The largest absolute Gasteiger partial charge is 0.395 e. The summed E-state index contributed by atoms with van der Waals surface area (Å²) < 4.78 is 0. The first-order valence-corrected chi connectivity index (χ1v) is 5.31. The Labute approximate surface area is 82.3 Å². The van der Waals surface area contributed by atoms with E-state index in [2.05, 4.69) is 23.8 Å². The minimum absolute atomic E-state index is 0.285. The highest BCUT2D eigenvalue weighted by molar-refractivity contribution is 4.78. The number of likely N-dealkylation sites (N-methyl/N-ethyl adjacent to an activating group) is 2. The maximum atomic E-state index is 9.01. The molecule has 1 aliphatic rings. The van der Waals surface area contributed by atoms with Crippen LogP contribution >= 0.6 is 0 Å². The molecule has 3 nitrogen and oxygen atoms in total. The summed E-state index contributed by atoms with van der Waals surface area (Å²) in [6.45, 7) is 10.8. The summed E-state index contributed by atoms with van der Waals surface area (Å²) in [5.74, 6) is 0. The van der Waals surface area contributed by atoms with Crippen LogP contribution in [0.3, 0.4) is 0 Å². The summed E-state index contributed by atoms with van der Waals surface area (Å²) in [6, 6.07) is 0.351. The van der Waals surface area contributed by atoms with Gasteiger partial charge in [-0.25, -0.2) is 0 Å². The Hall–Kier alpha value is -0.120. The van der Waals surface area contributed by atoms with Crippen LogP contribution in [0.1, 0.15) is 20.8 Å². The molecule has 0 saturated carbocycles. The van der Waals surface area contributed by atoms with Crippen LogP contribution < -0.4 is 0 Å². The van der Waals surface area contributed by atoms with E-state index in [4.69, 9.17) is 5.11 Å². The van der Waals surface area contributed by atoms with Gasteiger partial charge in [0.25, 0.3) is 0 Å². The third-order valence-corrected chi connectivity index (χ3v) is 2.52. The molecule has 80 valence electrons. The first-order chi connectivity index (χ1) is 6.27. The fraction of sp³-hybridized carbons (Fsp3) is 1.00. The molecule has 1 rings (SSSR count). The zero-order chi connectivity index (χ0) is 10.3. The number of aliphatic hydroxyl groups excluding tert-OH is 1. The van der Waals surface area contributed by atoms with Gasteiger partial charge in [-0.3, -0.25) is 4.90 Å². The van der Waals surface area contributed by atoms with E-state index in [1.807, 2.05) is 13.8 Å². The fourth-order valence-corrected chi connectivity index (χ4v) is 1.49. The van der Waals surface area contributed by atoms with E-state index in [0.29, 0.717) is 6.04 Å². The van der Waals surface area contributed by atoms with E-state index in [-0.39, 0.29) is 6.61 Å². The minimum atomic E-state index is 0.285. The van der Waals surface area contributed by atoms with Gasteiger partial charge in [-0.1, -0.05) is 20.8 Å². The molecule has 1 fully saturated rings. The highest BCUT2D eigenvalue weighted by Gasteiger charge is 2.21. The van der Waals surface area contributed by atoms with E-state index in [1.165, 1.54) is 0 Å². The maximum absolute atomic E-state index is 9.01. The number of aliphatic hydroxyl groups is 1. The van der Waals surface area contributed by atoms with Crippen molar-refractivity contribution in [3.8, 4) is 0 Å². The Morgan fingerprint density at radius 2 is 1.92 bits per heavy atom. The number of hydrogen-bond acceptors (Lipinski definition) is 3. The molecule has 1 N–H and O–H groups in total. The summed E-state index contributed by atoms with van der Waals surface area (Å²) in [5, 5.41) is 9.01. The maximum Gasteiger partial charge on any atom is 0.0599 e. The van der Waals surface area contributed by atoms with Gasteiger partial charge < -0.3 is 10.0 Å². The van der Waals surface area contributed by atoms with E-state index < -0.39 is 0 Å². The molecule has 0 spiro atoms. The van der Waals surface area contributed by atoms with Crippen molar-refractivity contribution >= 4 is 0 Å². The summed E-state index contributed by atoms with van der Waals surface area (Å²) in [4.78, 5) is 4.60. The normalized spacial score (nSPS) is 25.2. The minimum Gasteiger partial charge on any atom is -0.395 e. The van der Waals surface area contributed by atoms with Crippen LogP contribution in [-0.4, -0.2) is 60.8 Å². The van der Waals surface area contributed by atoms with Crippen molar-refractivity contribution < 1.29 is 5.11 Å². The van der Waals surface area contributed by atoms with Crippen molar-refractivity contribution in [2.45, 2.75) is 26.8 Å². The van der Waals surface area contributed by atoms with Crippen molar-refractivity contribution in [1.29, 1.82) is 0 Å². The summed E-state index contributed by atoms with van der Waals surface area (Å²) >= 11 is 0. The highest BCUT2D eigenvalue weighted by Crippen LogP contribution is 2.05. The first kappa shape index (κ1) is 12.9. The third kappa shape index (κ3) is 4.07. The van der Waals surface area contributed by atoms with Gasteiger partial charge in [0.1, 0.15) is 0 Å². The van der Waals surface area contributed by atoms with Crippen LogP contribution in [0, 0.1) is 0 Å². The molecule has 13 heavy (non-hydrogen) atoms. The highest BCUT2D eigenvalue weighted by atomic mass is 16.3. The number of rotatable bonds is 2. The van der Waals surface area contributed by atoms with Crippen LogP contribution in [0.4, 0.5) is 0 Å². The second-order valence-electron chi connectivity index (χ2n) is 3.21. The van der Waals surface area contributed by atoms with Crippen molar-refractivity contribution in [2.75, 3.05) is 39.8 Å². The first-order valence-electron chi connectivity index (χ1n) is 5.31. The van der Waals surface area contributed by atoms with Gasteiger partial charge in [-0.15, -0.1) is 0 Å². The van der Waals surface area contributed by atoms with Crippen LogP contribution in [0.5, 0.6) is 0 Å². The molecule has 0 bridgehead atoms. The zero-order valence-corrected chi connectivity index (χ0v) is 9.45. The lowest BCUT2D eigenvalue weighted by Crippen LogP contribution is -2.52. The second-order valence-corrected chi connectivity index (χ2v) is 3.21. The van der Waals surface area contributed by atoms with Gasteiger partial charge >= 0.3 is 0 Å². The van der Waals surface area contributed by atoms with Crippen molar-refractivity contribution in [3.63, 3.8) is 0 Å². The summed E-state index contributed by atoms with van der Waals surface area (Å²) in [7, 11) is 2.08. The zero-order valence-electron chi connectivity index (χ0n) is 9.45. The number of piperazine rings is 1. The fourth-order valence-electron chi connectivity index (χ4n) is 1.49. The van der Waals surface area contributed by atoms with Crippen molar-refractivity contribution in [2.24, 2.45) is 0 Å². The van der Waals surface area contributed by atoms with Gasteiger partial charge in [0.05, 0.1) is 6.61 Å². The van der Waals surface area contributed by atoms with Crippen LogP contribution in [0.25, 0.3) is 0 Å². The Morgan fingerprint density at radius 1 is 1.31 bits per heavy atom. The van der Waals surface area contributed by atoms with Crippen molar-refractivity contribution in [3.05, 3.63) is 0 Å². The smallest absolute Gasteiger partial charge is 0.0599 e. The molecule has 0 amide bonds. The van der Waals surface area contributed by atoms with Crippen LogP contribution in [0.2, 0.25) is 0 Å². The monoisotopic (exact) mass is 188 g/mol. The van der Waals surface area contributed by atoms with Gasteiger partial charge in [0.15, 0.2) is 0 Å². The molecule has 1 heterocycles. The molecular weight excluding hydrogens is 164 g/mol. The number of hydrogen-bond donors (Lipinski definition) is 1. The summed E-state index contributed by atoms with van der Waals surface area (Å²) in [6.07, 6.45) is 0. The molecule has 1 saturated heterocycles. The molecule has 0 aromatic heterocycles. The molecule has 1 unspecified atom stereocenters. The van der Waals surface area contributed by atoms with Crippen LogP contribution in [-0.2, 0) is 0 Å². The van der Waals surface area contributed by atoms with Gasteiger partial charge in [-0.05, 0) is 13.6 Å². The topological polar surface area (TPSA) is 26.7 Å². The molecule has 0 aromatic carbocycles. The lowest BCUT2D eigenvalue weighted by Gasteiger charge is -2.37. The van der Waals surface area contributed by atoms with E-state index in [9.17, 15) is 0 Å². The molecule has 0 radical (unpaired) electrons. The average Bonchev–Trinajstić information content (AvgIpc) is 2.22. The Bertz CT molecular complexity index is 119. The van der Waals surface area contributed by atoms with Gasteiger partial charge in [-0.2, -0.15) is 0 Å². The average molecular weight is 188 g/mol. The molecule has 0 aromatic rings. The Morgan fingerprint density at radius 3 is 2.38 bits per heavy atom. The quantitative estimate of drug-likeness (QED) is 0.689.